The standard InChI is InChI=1S/C6H5ClO2S.C5H4ClNOS.C5H3ClO2S.BI3/c1-9-6(8)4-2-3-5(7)10-4;2*6-4-2-1-3(9-4)5(7)8;1-4(2)3/h2-3H,1H3;1-2H,(H2,7,8);1-2H,(H,7,8);. The van der Waals surface area contributed by atoms with Gasteiger partial charge in [-0.25, -0.2) is 9.59 Å². The molecule has 2 radical (unpaired) electrons. The van der Waals surface area contributed by atoms with E-state index in [2.05, 4.69) is 42.0 Å². The number of primary amides is 1. The number of hydrogen-bond donors (Lipinski definition) is 2. The van der Waals surface area contributed by atoms with Crippen LogP contribution in [-0.2, 0) is 4.74 Å². The van der Waals surface area contributed by atoms with Gasteiger partial charge in [-0.05, 0) is 36.4 Å². The Hall–Kier alpha value is 0.635. The average molecular weight is 892 g/mol. The van der Waals surface area contributed by atoms with Crippen LogP contribution in [0, 0.1) is 0 Å². The molecule has 3 N–H and O–H groups in total. The van der Waals surface area contributed by atoms with Crippen LogP contribution in [0.5, 0.6) is 0 Å². The molecule has 6 nitrogen and oxygen atoms in total. The second kappa shape index (κ2) is 18.0. The maximum atomic E-state index is 10.8. The van der Waals surface area contributed by atoms with Gasteiger partial charge in [-0.1, -0.05) is 34.8 Å². The van der Waals surface area contributed by atoms with Crippen LogP contribution >= 0.6 is 118 Å². The van der Waals surface area contributed by atoms with E-state index in [1.807, 2.05) is 0 Å². The summed E-state index contributed by atoms with van der Waals surface area (Å²) in [6.45, 7) is 0. The van der Waals surface area contributed by atoms with E-state index >= 15 is 0 Å². The maximum absolute atomic E-state index is 10.8. The van der Waals surface area contributed by atoms with Crippen LogP contribution in [0.3, 0.4) is 0 Å². The Bertz CT molecular complexity index is 963. The molecule has 1 amide bonds. The van der Waals surface area contributed by atoms with Crippen LogP contribution in [0.15, 0.2) is 36.4 Å². The predicted molar refractivity (Wildman–Crippen MR) is 163 cm³/mol. The molecule has 0 atom stereocenters. The summed E-state index contributed by atoms with van der Waals surface area (Å²) >= 11 is 23.7. The number of amides is 1. The number of halogens is 6. The molecule has 0 bridgehead atoms. The minimum atomic E-state index is -0.924. The van der Waals surface area contributed by atoms with Crippen molar-refractivity contribution in [3.05, 3.63) is 64.0 Å². The summed E-state index contributed by atoms with van der Waals surface area (Å²) in [5.41, 5.74) is 10.2. The van der Waals surface area contributed by atoms with Crippen molar-refractivity contribution in [1.82, 2.24) is 0 Å². The van der Waals surface area contributed by atoms with Gasteiger partial charge in [-0.3, -0.25) is 4.79 Å². The minimum absolute atomic E-state index is 0.278. The second-order valence-electron chi connectivity index (χ2n) is 4.69. The number of ether oxygens (including phenoxy) is 1. The number of carboxylic acids is 1. The summed E-state index contributed by atoms with van der Waals surface area (Å²) in [7, 11) is 1.34. The fraction of sp³-hybridized carbons (Fsp3) is 0.0625. The first-order valence-electron chi connectivity index (χ1n) is 7.51. The Morgan fingerprint density at radius 1 is 0.906 bits per heavy atom. The molecular weight excluding hydrogens is 880 g/mol. The molecule has 3 heterocycles. The first-order chi connectivity index (χ1) is 14.9. The van der Waals surface area contributed by atoms with Crippen molar-refractivity contribution in [2.45, 2.75) is 0 Å². The number of rotatable bonds is 3. The van der Waals surface area contributed by atoms with E-state index in [0.717, 1.165) is 11.3 Å². The van der Waals surface area contributed by atoms with E-state index in [-0.39, 0.29) is 10.8 Å². The summed E-state index contributed by atoms with van der Waals surface area (Å²) in [5.74, 6) is -1.68. The molecule has 0 saturated heterocycles. The number of thiophene rings is 3. The molecule has 32 heavy (non-hydrogen) atoms. The Balaban J connectivity index is 0.000000417. The Kier molecular flexibility index (Phi) is 18.3. The zero-order valence-electron chi connectivity index (χ0n) is 15.7. The van der Waals surface area contributed by atoms with Crippen LogP contribution in [0.1, 0.15) is 29.0 Å². The molecule has 0 aliphatic carbocycles. The van der Waals surface area contributed by atoms with Crippen LogP contribution in [0.4, 0.5) is 0 Å². The quantitative estimate of drug-likeness (QED) is 0.157. The Morgan fingerprint density at radius 2 is 1.25 bits per heavy atom. The van der Waals surface area contributed by atoms with Gasteiger partial charge in [0, 0.05) is 0 Å². The number of carboxylic acid groups (broad SMARTS) is 1. The summed E-state index contributed by atoms with van der Waals surface area (Å²) in [6.07, 6.45) is 0. The van der Waals surface area contributed by atoms with E-state index in [9.17, 15) is 14.4 Å². The van der Waals surface area contributed by atoms with Gasteiger partial charge in [-0.2, -0.15) is 0 Å². The summed E-state index contributed by atoms with van der Waals surface area (Å²) < 4.78 is 6.15. The van der Waals surface area contributed by atoms with Gasteiger partial charge in [0.2, 0.25) is 0 Å². The monoisotopic (exact) mass is 891 g/mol. The fourth-order valence-electron chi connectivity index (χ4n) is 1.40. The number of esters is 1. The molecule has 0 aliphatic rings. The predicted octanol–water partition coefficient (Wildman–Crippen LogP) is 8.06. The molecule has 3 rings (SSSR count). The number of nitrogens with two attached hydrogens (primary N) is 1. The molecule has 174 valence electrons. The zero-order chi connectivity index (χ0) is 24.8. The number of carbonyl (C=O) groups is 3. The zero-order valence-corrected chi connectivity index (χ0v) is 26.9. The van der Waals surface area contributed by atoms with Gasteiger partial charge in [-0.15, -0.1) is 34.0 Å². The van der Waals surface area contributed by atoms with E-state index < -0.39 is 23.5 Å². The van der Waals surface area contributed by atoms with Crippen molar-refractivity contribution < 1.29 is 24.2 Å². The number of carbonyl (C=O) groups excluding carboxylic acids is 2. The van der Waals surface area contributed by atoms with Gasteiger partial charge in [0.25, 0.3) is 5.91 Å². The normalized spacial score (nSPS) is 9.62. The fourth-order valence-corrected chi connectivity index (χ4v) is 4.14. The second-order valence-corrected chi connectivity index (χ2v) is 33.3. The van der Waals surface area contributed by atoms with E-state index in [0.29, 0.717) is 22.8 Å². The third kappa shape index (κ3) is 15.5. The van der Waals surface area contributed by atoms with Crippen LogP contribution in [0.25, 0.3) is 0 Å². The Labute approximate surface area is 239 Å². The molecule has 0 fully saturated rings. The first kappa shape index (κ1) is 32.6. The van der Waals surface area contributed by atoms with Crippen LogP contribution < -0.4 is 5.73 Å². The average Bonchev–Trinajstić information content (AvgIpc) is 3.43. The van der Waals surface area contributed by atoms with Crippen LogP contribution in [0.2, 0.25) is 13.0 Å². The Morgan fingerprint density at radius 3 is 1.44 bits per heavy atom. The van der Waals surface area contributed by atoms with Crippen molar-refractivity contribution >= 4 is 141 Å². The first-order valence-corrected chi connectivity index (χ1v) is 24.9. The van der Waals surface area contributed by atoms with E-state index in [1.54, 1.807) is 30.3 Å². The number of aromatic carboxylic acids is 1. The van der Waals surface area contributed by atoms with Crippen molar-refractivity contribution in [3.8, 4) is 0 Å². The summed E-state index contributed by atoms with van der Waals surface area (Å²) in [5, 5.41) is 8.35. The molecular formula is C16H12BCl3I3NO5S3. The van der Waals surface area contributed by atoms with Gasteiger partial charge in [0.15, 0.2) is 0 Å². The number of methoxy groups -OCH3 is 1. The van der Waals surface area contributed by atoms with E-state index in [4.69, 9.17) is 51.3 Å². The van der Waals surface area contributed by atoms with Gasteiger partial charge in [0.1, 0.15) is 9.75 Å². The molecule has 16 heteroatoms. The number of hydrogen-bond acceptors (Lipinski definition) is 7. The van der Waals surface area contributed by atoms with Gasteiger partial charge in [0.05, 0.1) is 25.0 Å². The topological polar surface area (TPSA) is 107 Å². The van der Waals surface area contributed by atoms with Crippen molar-refractivity contribution in [1.29, 1.82) is 0 Å². The molecule has 0 spiro atoms. The molecule has 0 saturated carbocycles. The van der Waals surface area contributed by atoms with Crippen molar-refractivity contribution in [2.24, 2.45) is 5.73 Å². The van der Waals surface area contributed by atoms with Gasteiger partial charge >= 0.3 is 66.5 Å². The van der Waals surface area contributed by atoms with Crippen molar-refractivity contribution in [2.75, 3.05) is 7.11 Å². The third-order valence-corrected chi connectivity index (χ3v) is 6.24. The van der Waals surface area contributed by atoms with E-state index in [1.165, 1.54) is 35.8 Å². The SMILES string of the molecule is COC(=O)c1ccc(Cl)s1.NC(=O)c1ccc(Cl)s1.O=C(O)c1ccc(Cl)s1.[B]I(I)I. The van der Waals surface area contributed by atoms with Crippen LogP contribution in [-0.4, -0.2) is 35.8 Å². The molecule has 3 aromatic rings. The molecule has 0 aromatic carbocycles. The molecule has 0 unspecified atom stereocenters. The summed E-state index contributed by atoms with van der Waals surface area (Å²) in [6, 6.07) is 9.60. The molecule has 3 aromatic heterocycles. The molecule has 0 aliphatic heterocycles. The van der Waals surface area contributed by atoms with Crippen molar-refractivity contribution in [3.63, 3.8) is 0 Å². The third-order valence-electron chi connectivity index (χ3n) is 2.56. The van der Waals surface area contributed by atoms with Gasteiger partial charge < -0.3 is 15.6 Å². The summed E-state index contributed by atoms with van der Waals surface area (Å²) in [4.78, 5) is 32.6.